The van der Waals surface area contributed by atoms with Crippen LogP contribution in [0.4, 0.5) is 5.13 Å². The maximum absolute atomic E-state index is 12.9. The quantitative estimate of drug-likeness (QED) is 0.531. The van der Waals surface area contributed by atoms with Gasteiger partial charge in [-0.05, 0) is 31.9 Å². The number of aromatic nitrogens is 2. The summed E-state index contributed by atoms with van der Waals surface area (Å²) in [7, 11) is 0. The summed E-state index contributed by atoms with van der Waals surface area (Å²) in [6.07, 6.45) is 2.25. The number of hydrogen-bond acceptors (Lipinski definition) is 6. The summed E-state index contributed by atoms with van der Waals surface area (Å²) in [6, 6.07) is 14.4. The zero-order chi connectivity index (χ0) is 20.0. The molecule has 2 aromatic carbocycles. The minimum Gasteiger partial charge on any atom is -0.455 e. The molecule has 1 aliphatic carbocycles. The molecule has 4 aromatic rings. The zero-order valence-corrected chi connectivity index (χ0v) is 16.5. The molecule has 0 spiro atoms. The number of carbonyl (C=O) groups excluding carboxylic acids is 1. The van der Waals surface area contributed by atoms with Gasteiger partial charge in [-0.1, -0.05) is 47.7 Å². The monoisotopic (exact) mass is 403 g/mol. The van der Waals surface area contributed by atoms with Crippen LogP contribution in [0.1, 0.15) is 39.7 Å². The van der Waals surface area contributed by atoms with Crippen molar-refractivity contribution in [3.63, 3.8) is 0 Å². The predicted octanol–water partition coefficient (Wildman–Crippen LogP) is 4.75. The Balaban J connectivity index is 1.58. The van der Waals surface area contributed by atoms with Crippen molar-refractivity contribution < 1.29 is 9.21 Å². The van der Waals surface area contributed by atoms with Crippen LogP contribution in [0.25, 0.3) is 22.3 Å². The van der Waals surface area contributed by atoms with Crippen LogP contribution < -0.4 is 10.7 Å². The molecule has 29 heavy (non-hydrogen) atoms. The van der Waals surface area contributed by atoms with Crippen LogP contribution in [0.15, 0.2) is 57.7 Å². The van der Waals surface area contributed by atoms with Gasteiger partial charge >= 0.3 is 0 Å². The zero-order valence-electron chi connectivity index (χ0n) is 15.6. The highest BCUT2D eigenvalue weighted by Gasteiger charge is 2.28. The second kappa shape index (κ2) is 6.93. The van der Waals surface area contributed by atoms with Crippen LogP contribution in [0.2, 0.25) is 0 Å². The Bertz CT molecular complexity index is 1290. The Labute approximate surface area is 170 Å². The Hall–Kier alpha value is -3.32. The van der Waals surface area contributed by atoms with E-state index in [1.807, 2.05) is 30.3 Å². The number of carbonyl (C=O) groups is 1. The van der Waals surface area contributed by atoms with Crippen molar-refractivity contribution in [3.05, 3.63) is 74.9 Å². The van der Waals surface area contributed by atoms with Gasteiger partial charge in [-0.2, -0.15) is 0 Å². The Morgan fingerprint density at radius 1 is 1.10 bits per heavy atom. The van der Waals surface area contributed by atoms with Gasteiger partial charge in [0.15, 0.2) is 11.0 Å². The maximum atomic E-state index is 12.9. The molecule has 144 valence electrons. The molecule has 1 N–H and O–H groups in total. The molecule has 0 radical (unpaired) electrons. The van der Waals surface area contributed by atoms with Crippen molar-refractivity contribution in [2.45, 2.75) is 25.7 Å². The molecular formula is C22H17N3O3S. The third-order valence-corrected chi connectivity index (χ3v) is 6.01. The van der Waals surface area contributed by atoms with Gasteiger partial charge in [0.1, 0.15) is 10.8 Å². The van der Waals surface area contributed by atoms with Gasteiger partial charge in [0.25, 0.3) is 5.91 Å². The molecule has 0 bridgehead atoms. The van der Waals surface area contributed by atoms with Gasteiger partial charge in [0, 0.05) is 17.0 Å². The first-order chi connectivity index (χ1) is 14.1. The molecule has 1 aliphatic rings. The number of rotatable bonds is 4. The average molecular weight is 403 g/mol. The molecule has 6 nitrogen and oxygen atoms in total. The smallest absolute Gasteiger partial charge is 0.261 e. The van der Waals surface area contributed by atoms with E-state index in [0.717, 1.165) is 23.4 Å². The summed E-state index contributed by atoms with van der Waals surface area (Å²) >= 11 is 1.39. The van der Waals surface area contributed by atoms with Crippen molar-refractivity contribution in [2.24, 2.45) is 0 Å². The van der Waals surface area contributed by atoms with E-state index >= 15 is 0 Å². The van der Waals surface area contributed by atoms with E-state index < -0.39 is 0 Å². The SMILES string of the molecule is Cc1c(-c2ccccc2)oc2c(C(=O)Nc3nnc(C4CC4)s3)cccc2c1=O. The highest BCUT2D eigenvalue weighted by molar-refractivity contribution is 7.15. The molecular weight excluding hydrogens is 386 g/mol. The fourth-order valence-corrected chi connectivity index (χ4v) is 4.21. The molecule has 2 aromatic heterocycles. The average Bonchev–Trinajstić information content (AvgIpc) is 3.50. The number of benzene rings is 2. The fourth-order valence-electron chi connectivity index (χ4n) is 3.30. The Morgan fingerprint density at radius 3 is 2.66 bits per heavy atom. The van der Waals surface area contributed by atoms with E-state index in [0.29, 0.717) is 33.3 Å². The number of nitrogens with zero attached hydrogens (tertiary/aromatic N) is 2. The lowest BCUT2D eigenvalue weighted by atomic mass is 10.0. The van der Waals surface area contributed by atoms with Gasteiger partial charge in [-0.3, -0.25) is 14.9 Å². The molecule has 0 aliphatic heterocycles. The summed E-state index contributed by atoms with van der Waals surface area (Å²) in [5.41, 5.74) is 1.72. The minimum atomic E-state index is -0.375. The van der Waals surface area contributed by atoms with Crippen LogP contribution in [0.3, 0.4) is 0 Å². The highest BCUT2D eigenvalue weighted by atomic mass is 32.1. The molecule has 0 atom stereocenters. The number of anilines is 1. The van der Waals surface area contributed by atoms with Gasteiger partial charge in [0.2, 0.25) is 5.13 Å². The van der Waals surface area contributed by atoms with Crippen LogP contribution in [-0.2, 0) is 0 Å². The van der Waals surface area contributed by atoms with Gasteiger partial charge in [0.05, 0.1) is 10.9 Å². The van der Waals surface area contributed by atoms with Crippen LogP contribution in [0, 0.1) is 6.92 Å². The molecule has 1 fully saturated rings. The van der Waals surface area contributed by atoms with Crippen molar-refractivity contribution in [3.8, 4) is 11.3 Å². The largest absolute Gasteiger partial charge is 0.455 e. The normalized spacial score (nSPS) is 13.6. The second-order valence-corrected chi connectivity index (χ2v) is 8.12. The van der Waals surface area contributed by atoms with Crippen LogP contribution in [-0.4, -0.2) is 16.1 Å². The number of amides is 1. The second-order valence-electron chi connectivity index (χ2n) is 7.11. The van der Waals surface area contributed by atoms with Gasteiger partial charge < -0.3 is 4.42 Å². The van der Waals surface area contributed by atoms with Crippen molar-refractivity contribution >= 4 is 33.3 Å². The minimum absolute atomic E-state index is 0.147. The summed E-state index contributed by atoms with van der Waals surface area (Å²) in [6.45, 7) is 1.74. The summed E-state index contributed by atoms with van der Waals surface area (Å²) in [5.74, 6) is 0.570. The maximum Gasteiger partial charge on any atom is 0.261 e. The topological polar surface area (TPSA) is 85.1 Å². The Kier molecular flexibility index (Phi) is 4.24. The fraction of sp³-hybridized carbons (Fsp3) is 0.182. The molecule has 1 saturated carbocycles. The molecule has 0 unspecified atom stereocenters. The molecule has 7 heteroatoms. The predicted molar refractivity (Wildman–Crippen MR) is 112 cm³/mol. The lowest BCUT2D eigenvalue weighted by Gasteiger charge is -2.10. The lowest BCUT2D eigenvalue weighted by Crippen LogP contribution is -2.14. The first-order valence-electron chi connectivity index (χ1n) is 9.38. The first kappa shape index (κ1) is 17.8. The van der Waals surface area contributed by atoms with E-state index in [1.165, 1.54) is 11.3 Å². The van der Waals surface area contributed by atoms with Gasteiger partial charge in [-0.25, -0.2) is 0 Å². The summed E-state index contributed by atoms with van der Waals surface area (Å²) in [5, 5.41) is 12.8. The van der Waals surface area contributed by atoms with Crippen molar-refractivity contribution in [2.75, 3.05) is 5.32 Å². The van der Waals surface area contributed by atoms with E-state index in [2.05, 4.69) is 15.5 Å². The third kappa shape index (κ3) is 3.23. The molecule has 2 heterocycles. The first-order valence-corrected chi connectivity index (χ1v) is 10.2. The summed E-state index contributed by atoms with van der Waals surface area (Å²) < 4.78 is 6.11. The molecule has 0 saturated heterocycles. The van der Waals surface area contributed by atoms with Crippen molar-refractivity contribution in [1.82, 2.24) is 10.2 Å². The van der Waals surface area contributed by atoms with E-state index in [1.54, 1.807) is 25.1 Å². The standard InChI is InChI=1S/C22H17N3O3S/c1-12-17(26)15-8-5-9-16(19(15)28-18(12)13-6-3-2-4-7-13)20(27)23-22-25-24-21(29-22)14-10-11-14/h2-9,14H,10-11H2,1H3,(H,23,25,27). The number of hydrogen-bond donors (Lipinski definition) is 1. The van der Waals surface area contributed by atoms with Crippen LogP contribution >= 0.6 is 11.3 Å². The van der Waals surface area contributed by atoms with Crippen molar-refractivity contribution in [1.29, 1.82) is 0 Å². The highest BCUT2D eigenvalue weighted by Crippen LogP contribution is 2.42. The van der Waals surface area contributed by atoms with E-state index in [4.69, 9.17) is 4.42 Å². The lowest BCUT2D eigenvalue weighted by molar-refractivity contribution is 0.102. The van der Waals surface area contributed by atoms with Gasteiger partial charge in [-0.15, -0.1) is 10.2 Å². The Morgan fingerprint density at radius 2 is 1.90 bits per heavy atom. The third-order valence-electron chi connectivity index (χ3n) is 5.01. The molecule has 1 amide bonds. The van der Waals surface area contributed by atoms with Crippen LogP contribution in [0.5, 0.6) is 0 Å². The molecule has 5 rings (SSSR count). The number of para-hydroxylation sites is 1. The number of fused-ring (bicyclic) bond motifs is 1. The van der Waals surface area contributed by atoms with E-state index in [9.17, 15) is 9.59 Å². The summed E-state index contributed by atoms with van der Waals surface area (Å²) in [4.78, 5) is 25.9. The number of nitrogens with one attached hydrogen (secondary N) is 1. The van der Waals surface area contributed by atoms with E-state index in [-0.39, 0.29) is 16.9 Å².